The predicted octanol–water partition coefficient (Wildman–Crippen LogP) is 3.17. The summed E-state index contributed by atoms with van der Waals surface area (Å²) in [5, 5.41) is 18.6. The first kappa shape index (κ1) is 14.3. The number of benzene rings is 1. The van der Waals surface area contributed by atoms with Gasteiger partial charge < -0.3 is 9.84 Å². The van der Waals surface area contributed by atoms with Gasteiger partial charge in [-0.25, -0.2) is 0 Å². The van der Waals surface area contributed by atoms with Crippen LogP contribution in [0.15, 0.2) is 24.3 Å². The molecule has 1 aromatic rings. The fourth-order valence-corrected chi connectivity index (χ4v) is 1.48. The highest BCUT2D eigenvalue weighted by atomic mass is 19.4. The van der Waals surface area contributed by atoms with Crippen molar-refractivity contribution < 1.29 is 23.0 Å². The highest BCUT2D eigenvalue weighted by Crippen LogP contribution is 2.27. The second-order valence-electron chi connectivity index (χ2n) is 3.71. The molecular formula is C12H12F3NO2. The van der Waals surface area contributed by atoms with Gasteiger partial charge in [-0.3, -0.25) is 0 Å². The number of alkyl halides is 3. The molecule has 2 unspecified atom stereocenters. The van der Waals surface area contributed by atoms with E-state index in [4.69, 9.17) is 5.26 Å². The molecule has 0 fully saturated rings. The van der Waals surface area contributed by atoms with Crippen molar-refractivity contribution >= 4 is 0 Å². The van der Waals surface area contributed by atoms with Crippen LogP contribution in [0.5, 0.6) is 5.75 Å². The van der Waals surface area contributed by atoms with Gasteiger partial charge in [-0.15, -0.1) is 13.2 Å². The first-order valence-corrected chi connectivity index (χ1v) is 5.30. The summed E-state index contributed by atoms with van der Waals surface area (Å²) < 4.78 is 39.5. The summed E-state index contributed by atoms with van der Waals surface area (Å²) >= 11 is 0. The first-order valence-electron chi connectivity index (χ1n) is 5.30. The Morgan fingerprint density at radius 2 is 1.89 bits per heavy atom. The number of aliphatic hydroxyl groups is 1. The van der Waals surface area contributed by atoms with E-state index in [0.29, 0.717) is 12.0 Å². The smallest absolute Gasteiger partial charge is 0.406 e. The minimum absolute atomic E-state index is 0.358. The molecule has 3 nitrogen and oxygen atoms in total. The molecule has 0 aliphatic carbocycles. The SMILES string of the molecule is CCC(C#N)C(O)c1ccc(OC(F)(F)F)cc1. The van der Waals surface area contributed by atoms with Gasteiger partial charge in [-0.05, 0) is 24.1 Å². The van der Waals surface area contributed by atoms with Crippen molar-refractivity contribution in [2.24, 2.45) is 5.92 Å². The van der Waals surface area contributed by atoms with Crippen molar-refractivity contribution in [3.8, 4) is 11.8 Å². The van der Waals surface area contributed by atoms with Gasteiger partial charge in [-0.2, -0.15) is 5.26 Å². The molecule has 0 radical (unpaired) electrons. The fraction of sp³-hybridized carbons (Fsp3) is 0.417. The van der Waals surface area contributed by atoms with E-state index in [1.807, 2.05) is 6.07 Å². The number of halogens is 3. The largest absolute Gasteiger partial charge is 0.573 e. The van der Waals surface area contributed by atoms with Crippen LogP contribution in [0.25, 0.3) is 0 Å². The average molecular weight is 259 g/mol. The summed E-state index contributed by atoms with van der Waals surface area (Å²) in [5.74, 6) is -0.942. The van der Waals surface area contributed by atoms with Crippen LogP contribution < -0.4 is 4.74 Å². The number of hydrogen-bond donors (Lipinski definition) is 1. The molecule has 0 spiro atoms. The zero-order valence-corrected chi connectivity index (χ0v) is 9.61. The van der Waals surface area contributed by atoms with E-state index in [9.17, 15) is 18.3 Å². The van der Waals surface area contributed by atoms with E-state index < -0.39 is 18.4 Å². The minimum atomic E-state index is -4.74. The van der Waals surface area contributed by atoms with E-state index in [1.54, 1.807) is 6.92 Å². The zero-order chi connectivity index (χ0) is 13.8. The molecule has 0 heterocycles. The molecule has 0 bridgehead atoms. The monoisotopic (exact) mass is 259 g/mol. The second-order valence-corrected chi connectivity index (χ2v) is 3.71. The summed E-state index contributed by atoms with van der Waals surface area (Å²) in [7, 11) is 0. The van der Waals surface area contributed by atoms with Gasteiger partial charge in [0.15, 0.2) is 0 Å². The molecule has 98 valence electrons. The molecule has 0 saturated carbocycles. The Hall–Kier alpha value is -1.74. The van der Waals surface area contributed by atoms with E-state index in [-0.39, 0.29) is 5.75 Å². The lowest BCUT2D eigenvalue weighted by molar-refractivity contribution is -0.274. The summed E-state index contributed by atoms with van der Waals surface area (Å²) in [4.78, 5) is 0. The van der Waals surface area contributed by atoms with Gasteiger partial charge in [0.25, 0.3) is 0 Å². The van der Waals surface area contributed by atoms with E-state index in [1.165, 1.54) is 12.1 Å². The Bertz CT molecular complexity index is 422. The third-order valence-corrected chi connectivity index (χ3v) is 2.44. The third-order valence-electron chi connectivity index (χ3n) is 2.44. The summed E-state index contributed by atoms with van der Waals surface area (Å²) in [5.41, 5.74) is 0.387. The van der Waals surface area contributed by atoms with Gasteiger partial charge >= 0.3 is 6.36 Å². The molecule has 0 aliphatic rings. The predicted molar refractivity (Wildman–Crippen MR) is 57.5 cm³/mol. The number of rotatable bonds is 4. The van der Waals surface area contributed by atoms with Crippen LogP contribution in [0.3, 0.4) is 0 Å². The van der Waals surface area contributed by atoms with Gasteiger partial charge in [0.05, 0.1) is 18.1 Å². The van der Waals surface area contributed by atoms with Crippen LogP contribution in [0.4, 0.5) is 13.2 Å². The molecule has 1 N–H and O–H groups in total. The summed E-state index contributed by atoms with van der Waals surface area (Å²) in [6, 6.07) is 6.78. The Morgan fingerprint density at radius 3 is 2.28 bits per heavy atom. The Kier molecular flexibility index (Phi) is 4.56. The quantitative estimate of drug-likeness (QED) is 0.903. The Morgan fingerprint density at radius 1 is 1.33 bits per heavy atom. The number of nitriles is 1. The third kappa shape index (κ3) is 3.93. The van der Waals surface area contributed by atoms with Crippen molar-refractivity contribution in [2.45, 2.75) is 25.8 Å². The summed E-state index contributed by atoms with van der Waals surface area (Å²) in [6.45, 7) is 1.75. The van der Waals surface area contributed by atoms with Crippen molar-refractivity contribution in [3.05, 3.63) is 29.8 Å². The van der Waals surface area contributed by atoms with E-state index in [0.717, 1.165) is 12.1 Å². The number of nitrogens with zero attached hydrogens (tertiary/aromatic N) is 1. The molecule has 1 rings (SSSR count). The molecule has 0 saturated heterocycles. The maximum atomic E-state index is 11.9. The Labute approximate surface area is 102 Å². The van der Waals surface area contributed by atoms with Gasteiger partial charge in [0.2, 0.25) is 0 Å². The second kappa shape index (κ2) is 5.74. The summed E-state index contributed by atoms with van der Waals surface area (Å²) in [6.07, 6.45) is -5.29. The lowest BCUT2D eigenvalue weighted by Gasteiger charge is -2.16. The highest BCUT2D eigenvalue weighted by molar-refractivity contribution is 5.29. The van der Waals surface area contributed by atoms with E-state index in [2.05, 4.69) is 4.74 Å². The maximum absolute atomic E-state index is 11.9. The van der Waals surface area contributed by atoms with Crippen molar-refractivity contribution in [1.82, 2.24) is 0 Å². The fourth-order valence-electron chi connectivity index (χ4n) is 1.48. The van der Waals surface area contributed by atoms with Gasteiger partial charge in [-0.1, -0.05) is 19.1 Å². The normalized spacial score (nSPS) is 14.7. The molecule has 0 aliphatic heterocycles. The number of hydrogen-bond acceptors (Lipinski definition) is 3. The Balaban J connectivity index is 2.80. The van der Waals surface area contributed by atoms with Crippen LogP contribution in [0.2, 0.25) is 0 Å². The standard InChI is InChI=1S/C12H12F3NO2/c1-2-8(7-16)11(17)9-3-5-10(6-4-9)18-12(13,14)15/h3-6,8,11,17H,2H2,1H3. The van der Waals surface area contributed by atoms with Crippen LogP contribution in [-0.2, 0) is 0 Å². The van der Waals surface area contributed by atoms with Gasteiger partial charge in [0, 0.05) is 0 Å². The number of ether oxygens (including phenoxy) is 1. The molecule has 2 atom stereocenters. The lowest BCUT2D eigenvalue weighted by atomic mass is 9.95. The minimum Gasteiger partial charge on any atom is -0.406 e. The molecule has 6 heteroatoms. The van der Waals surface area contributed by atoms with Crippen LogP contribution in [-0.4, -0.2) is 11.5 Å². The first-order chi connectivity index (χ1) is 8.37. The molecule has 18 heavy (non-hydrogen) atoms. The molecule has 1 aromatic carbocycles. The van der Waals surface area contributed by atoms with Crippen molar-refractivity contribution in [2.75, 3.05) is 0 Å². The molecule has 0 aromatic heterocycles. The van der Waals surface area contributed by atoms with Crippen molar-refractivity contribution in [1.29, 1.82) is 5.26 Å². The van der Waals surface area contributed by atoms with E-state index >= 15 is 0 Å². The maximum Gasteiger partial charge on any atom is 0.573 e. The lowest BCUT2D eigenvalue weighted by Crippen LogP contribution is -2.17. The van der Waals surface area contributed by atoms with Crippen LogP contribution >= 0.6 is 0 Å². The van der Waals surface area contributed by atoms with Crippen LogP contribution in [0, 0.1) is 17.2 Å². The molecular weight excluding hydrogens is 247 g/mol. The topological polar surface area (TPSA) is 53.2 Å². The van der Waals surface area contributed by atoms with Crippen molar-refractivity contribution in [3.63, 3.8) is 0 Å². The van der Waals surface area contributed by atoms with Crippen LogP contribution in [0.1, 0.15) is 25.0 Å². The average Bonchev–Trinajstić information content (AvgIpc) is 2.29. The highest BCUT2D eigenvalue weighted by Gasteiger charge is 2.31. The number of aliphatic hydroxyl groups excluding tert-OH is 1. The zero-order valence-electron chi connectivity index (χ0n) is 9.61. The molecule has 0 amide bonds. The van der Waals surface area contributed by atoms with Gasteiger partial charge in [0.1, 0.15) is 5.75 Å².